The highest BCUT2D eigenvalue weighted by atomic mass is 32.1. The van der Waals surface area contributed by atoms with Crippen molar-refractivity contribution < 1.29 is 20.2 Å². The van der Waals surface area contributed by atoms with Gasteiger partial charge < -0.3 is 15.9 Å². The zero-order valence-electron chi connectivity index (χ0n) is 6.00. The Morgan fingerprint density at radius 1 is 1.64 bits per heavy atom. The van der Waals surface area contributed by atoms with Gasteiger partial charge in [0.05, 0.1) is 0 Å². The number of aliphatic carboxylic acids is 1. The summed E-state index contributed by atoms with van der Waals surface area (Å²) >= 11 is 3.73. The summed E-state index contributed by atoms with van der Waals surface area (Å²) in [5.41, 5.74) is 0. The Morgan fingerprint density at radius 2 is 2.09 bits per heavy atom. The lowest BCUT2D eigenvalue weighted by Crippen LogP contribution is -2.40. The number of carbonyl (C=O) groups excluding carboxylic acids is 1. The van der Waals surface area contributed by atoms with Crippen LogP contribution in [0, 0.1) is 0 Å². The molecule has 0 aliphatic rings. The Kier molecular flexibility index (Phi) is 7.02. The summed E-state index contributed by atoms with van der Waals surface area (Å²) < 4.78 is 0. The number of hydrogen-bond acceptors (Lipinski definition) is 3. The Morgan fingerprint density at radius 3 is 2.18 bits per heavy atom. The predicted octanol–water partition coefficient (Wildman–Crippen LogP) is -1.32. The summed E-state index contributed by atoms with van der Waals surface area (Å²) in [6.07, 6.45) is 0. The number of carbonyl (C=O) groups is 2. The highest BCUT2D eigenvalue weighted by Gasteiger charge is 2.14. The molecule has 0 saturated heterocycles. The molecule has 0 spiro atoms. The highest BCUT2D eigenvalue weighted by molar-refractivity contribution is 7.80. The Bertz CT molecular complexity index is 149. The molecule has 1 amide bonds. The normalized spacial score (nSPS) is 11.1. The quantitative estimate of drug-likeness (QED) is 0.471. The fourth-order valence-electron chi connectivity index (χ4n) is 0.431. The molecule has 0 aliphatic heterocycles. The average Bonchev–Trinajstić information content (AvgIpc) is 1.81. The van der Waals surface area contributed by atoms with E-state index >= 15 is 0 Å². The van der Waals surface area contributed by atoms with Crippen molar-refractivity contribution in [1.29, 1.82) is 0 Å². The molecule has 0 heterocycles. The third-order valence-electron chi connectivity index (χ3n) is 0.858. The molecule has 6 heteroatoms. The molecule has 0 fully saturated rings. The topological polar surface area (TPSA) is 97.9 Å². The number of thiol groups is 1. The van der Waals surface area contributed by atoms with E-state index < -0.39 is 12.0 Å². The number of nitrogens with one attached hydrogen (secondary N) is 1. The number of carboxylic acid groups (broad SMARTS) is 1. The third kappa shape index (κ3) is 5.68. The lowest BCUT2D eigenvalue weighted by atomic mass is 10.3. The van der Waals surface area contributed by atoms with Crippen molar-refractivity contribution in [2.24, 2.45) is 0 Å². The van der Waals surface area contributed by atoms with E-state index in [1.165, 1.54) is 6.92 Å². The van der Waals surface area contributed by atoms with Crippen molar-refractivity contribution >= 4 is 24.5 Å². The molecule has 0 radical (unpaired) electrons. The van der Waals surface area contributed by atoms with Crippen molar-refractivity contribution in [3.05, 3.63) is 0 Å². The van der Waals surface area contributed by atoms with E-state index in [0.717, 1.165) is 0 Å². The molecule has 0 bridgehead atoms. The van der Waals surface area contributed by atoms with E-state index in [9.17, 15) is 9.59 Å². The van der Waals surface area contributed by atoms with Gasteiger partial charge in [-0.15, -0.1) is 0 Å². The van der Waals surface area contributed by atoms with Gasteiger partial charge in [-0.2, -0.15) is 12.6 Å². The van der Waals surface area contributed by atoms with Crippen LogP contribution in [-0.2, 0) is 9.59 Å². The van der Waals surface area contributed by atoms with Gasteiger partial charge in [-0.3, -0.25) is 4.79 Å². The molecule has 0 aliphatic carbocycles. The largest absolute Gasteiger partial charge is 0.480 e. The van der Waals surface area contributed by atoms with Crippen LogP contribution in [0.25, 0.3) is 0 Å². The molecule has 11 heavy (non-hydrogen) atoms. The van der Waals surface area contributed by atoms with E-state index in [1.54, 1.807) is 0 Å². The van der Waals surface area contributed by atoms with Crippen LogP contribution in [0.1, 0.15) is 6.92 Å². The van der Waals surface area contributed by atoms with Crippen LogP contribution < -0.4 is 5.32 Å². The van der Waals surface area contributed by atoms with Crippen molar-refractivity contribution in [1.82, 2.24) is 5.32 Å². The molecule has 4 N–H and O–H groups in total. The maximum atomic E-state index is 10.3. The highest BCUT2D eigenvalue weighted by Crippen LogP contribution is 1.86. The molecule has 0 aromatic heterocycles. The monoisotopic (exact) mass is 181 g/mol. The van der Waals surface area contributed by atoms with Gasteiger partial charge in [0, 0.05) is 12.7 Å². The molecule has 0 aromatic carbocycles. The number of carboxylic acids is 1. The van der Waals surface area contributed by atoms with Gasteiger partial charge in [0.25, 0.3) is 0 Å². The minimum atomic E-state index is -1.06. The van der Waals surface area contributed by atoms with E-state index in [4.69, 9.17) is 5.11 Å². The fraction of sp³-hybridized carbons (Fsp3) is 0.600. The molecule has 0 rings (SSSR count). The van der Waals surface area contributed by atoms with Crippen molar-refractivity contribution in [2.45, 2.75) is 13.0 Å². The standard InChI is InChI=1S/C5H9NO3S.H2O/c1-3(7)6-4(2-10)5(8)9;/h4,10H,2H2,1H3,(H,6,7)(H,8,9);1H2. The SMILES string of the molecule is CC(=O)NC(CS)C(=O)O.O. The first-order valence-electron chi connectivity index (χ1n) is 2.68. The number of hydrogen-bond donors (Lipinski definition) is 3. The molecule has 0 aromatic rings. The third-order valence-corrected chi connectivity index (χ3v) is 1.22. The summed E-state index contributed by atoms with van der Waals surface area (Å²) in [5.74, 6) is -1.32. The molecular weight excluding hydrogens is 170 g/mol. The van der Waals surface area contributed by atoms with Crippen LogP contribution in [0.5, 0.6) is 0 Å². The molecule has 1 atom stereocenters. The summed E-state index contributed by atoms with van der Waals surface area (Å²) in [7, 11) is 0. The second kappa shape index (κ2) is 5.99. The average molecular weight is 181 g/mol. The number of rotatable bonds is 3. The first-order valence-corrected chi connectivity index (χ1v) is 3.32. The Labute approximate surface area is 69.5 Å². The minimum absolute atomic E-state index is 0. The van der Waals surface area contributed by atoms with Crippen molar-refractivity contribution in [2.75, 3.05) is 5.75 Å². The zero-order chi connectivity index (χ0) is 8.15. The first kappa shape index (κ1) is 12.9. The van der Waals surface area contributed by atoms with Gasteiger partial charge in [-0.05, 0) is 0 Å². The van der Waals surface area contributed by atoms with Crippen LogP contribution in [-0.4, -0.2) is 34.3 Å². The smallest absolute Gasteiger partial charge is 0.327 e. The summed E-state index contributed by atoms with van der Waals surface area (Å²) in [5, 5.41) is 10.6. The van der Waals surface area contributed by atoms with Crippen LogP contribution in [0.3, 0.4) is 0 Å². The van der Waals surface area contributed by atoms with Gasteiger partial charge in [0.15, 0.2) is 0 Å². The summed E-state index contributed by atoms with van der Waals surface area (Å²) in [6.45, 7) is 1.26. The van der Waals surface area contributed by atoms with E-state index in [2.05, 4.69) is 17.9 Å². The first-order chi connectivity index (χ1) is 4.57. The van der Waals surface area contributed by atoms with Crippen LogP contribution in [0.4, 0.5) is 0 Å². The van der Waals surface area contributed by atoms with E-state index in [-0.39, 0.29) is 17.1 Å². The van der Waals surface area contributed by atoms with Gasteiger partial charge in [-0.25, -0.2) is 4.79 Å². The van der Waals surface area contributed by atoms with Gasteiger partial charge >= 0.3 is 5.97 Å². The lowest BCUT2D eigenvalue weighted by Gasteiger charge is -2.08. The van der Waals surface area contributed by atoms with Crippen LogP contribution in [0.15, 0.2) is 0 Å². The van der Waals surface area contributed by atoms with Crippen molar-refractivity contribution in [3.8, 4) is 0 Å². The number of amides is 1. The summed E-state index contributed by atoms with van der Waals surface area (Å²) in [4.78, 5) is 20.5. The minimum Gasteiger partial charge on any atom is -0.480 e. The maximum Gasteiger partial charge on any atom is 0.327 e. The van der Waals surface area contributed by atoms with Crippen LogP contribution >= 0.6 is 12.6 Å². The van der Waals surface area contributed by atoms with Gasteiger partial charge in [0.1, 0.15) is 6.04 Å². The maximum absolute atomic E-state index is 10.3. The molecule has 1 unspecified atom stereocenters. The lowest BCUT2D eigenvalue weighted by molar-refractivity contribution is -0.140. The zero-order valence-corrected chi connectivity index (χ0v) is 6.89. The van der Waals surface area contributed by atoms with E-state index in [0.29, 0.717) is 0 Å². The summed E-state index contributed by atoms with van der Waals surface area (Å²) in [6, 6.07) is -0.874. The Hall–Kier alpha value is -0.750. The van der Waals surface area contributed by atoms with Crippen molar-refractivity contribution in [3.63, 3.8) is 0 Å². The molecule has 66 valence electrons. The van der Waals surface area contributed by atoms with E-state index in [1.807, 2.05) is 0 Å². The van der Waals surface area contributed by atoms with Gasteiger partial charge in [0.2, 0.25) is 5.91 Å². The molecular formula is C5H11NO4S. The second-order valence-electron chi connectivity index (χ2n) is 1.77. The predicted molar refractivity (Wildman–Crippen MR) is 42.7 cm³/mol. The van der Waals surface area contributed by atoms with Crippen LogP contribution in [0.2, 0.25) is 0 Å². The Balaban J connectivity index is 0. The second-order valence-corrected chi connectivity index (χ2v) is 2.14. The van der Waals surface area contributed by atoms with Gasteiger partial charge in [-0.1, -0.05) is 0 Å². The molecule has 5 nitrogen and oxygen atoms in total. The molecule has 0 saturated carbocycles. The fourth-order valence-corrected chi connectivity index (χ4v) is 0.678.